The van der Waals surface area contributed by atoms with Gasteiger partial charge in [-0.15, -0.1) is 0 Å². The van der Waals surface area contributed by atoms with Gasteiger partial charge in [-0.25, -0.2) is 0 Å². The average molecular weight is 259 g/mol. The summed E-state index contributed by atoms with van der Waals surface area (Å²) in [6.07, 6.45) is 3.17. The molecule has 0 saturated heterocycles. The van der Waals surface area contributed by atoms with Crippen molar-refractivity contribution in [1.29, 1.82) is 0 Å². The van der Waals surface area contributed by atoms with Crippen LogP contribution in [-0.4, -0.2) is 11.7 Å². The van der Waals surface area contributed by atoms with Crippen LogP contribution in [0.15, 0.2) is 18.2 Å². The minimum absolute atomic E-state index is 0.0748. The Morgan fingerprint density at radius 3 is 2.31 bits per heavy atom. The van der Waals surface area contributed by atoms with Crippen molar-refractivity contribution in [1.82, 2.24) is 0 Å². The molecule has 88 valence electrons. The van der Waals surface area contributed by atoms with Crippen LogP contribution >= 0.6 is 23.2 Å². The van der Waals surface area contributed by atoms with E-state index in [4.69, 9.17) is 23.2 Å². The monoisotopic (exact) mass is 258 g/mol. The molecule has 2 rings (SSSR count). The highest BCUT2D eigenvalue weighted by Crippen LogP contribution is 2.48. The second-order valence-corrected chi connectivity index (χ2v) is 5.78. The Kier molecular flexibility index (Phi) is 3.48. The maximum atomic E-state index is 9.55. The topological polar surface area (TPSA) is 20.2 Å². The Balaban J connectivity index is 2.25. The fraction of sp³-hybridized carbons (Fsp3) is 0.538. The summed E-state index contributed by atoms with van der Waals surface area (Å²) in [4.78, 5) is 0. The van der Waals surface area contributed by atoms with Gasteiger partial charge in [-0.1, -0.05) is 36.2 Å². The van der Waals surface area contributed by atoms with E-state index in [0.717, 1.165) is 12.0 Å². The summed E-state index contributed by atoms with van der Waals surface area (Å²) in [6, 6.07) is 5.56. The van der Waals surface area contributed by atoms with Crippen LogP contribution in [-0.2, 0) is 6.42 Å². The van der Waals surface area contributed by atoms with Crippen LogP contribution in [0.25, 0.3) is 0 Å². The van der Waals surface area contributed by atoms with Gasteiger partial charge in [0.15, 0.2) is 0 Å². The molecule has 0 spiro atoms. The maximum absolute atomic E-state index is 9.55. The SMILES string of the molecule is CC(CO)(Cc1c(Cl)cccc1Cl)C1CC1. The molecule has 3 heteroatoms. The van der Waals surface area contributed by atoms with Crippen molar-refractivity contribution < 1.29 is 5.11 Å². The normalized spacial score (nSPS) is 19.5. The van der Waals surface area contributed by atoms with Gasteiger partial charge >= 0.3 is 0 Å². The second-order valence-electron chi connectivity index (χ2n) is 4.96. The minimum atomic E-state index is -0.0748. The number of aliphatic hydroxyl groups is 1. The first-order valence-electron chi connectivity index (χ1n) is 5.60. The smallest absolute Gasteiger partial charge is 0.0490 e. The number of hydrogen-bond donors (Lipinski definition) is 1. The summed E-state index contributed by atoms with van der Waals surface area (Å²) in [5, 5.41) is 11.0. The molecule has 1 aromatic rings. The van der Waals surface area contributed by atoms with E-state index in [0.29, 0.717) is 16.0 Å². The second kappa shape index (κ2) is 4.56. The predicted molar refractivity (Wildman–Crippen MR) is 68.1 cm³/mol. The van der Waals surface area contributed by atoms with E-state index in [2.05, 4.69) is 6.92 Å². The van der Waals surface area contributed by atoms with Gasteiger partial charge in [0.1, 0.15) is 0 Å². The molecule has 0 radical (unpaired) electrons. The standard InChI is InChI=1S/C13H16Cl2O/c1-13(8-16,9-5-6-9)7-10-11(14)3-2-4-12(10)15/h2-4,9,16H,5-8H2,1H3. The quantitative estimate of drug-likeness (QED) is 0.868. The number of rotatable bonds is 4. The Hall–Kier alpha value is -0.240. The van der Waals surface area contributed by atoms with Crippen LogP contribution in [0, 0.1) is 11.3 Å². The van der Waals surface area contributed by atoms with Crippen molar-refractivity contribution >= 4 is 23.2 Å². The highest BCUT2D eigenvalue weighted by Gasteiger charge is 2.41. The van der Waals surface area contributed by atoms with E-state index in [1.54, 1.807) is 0 Å². The first kappa shape index (κ1) is 12.2. The molecule has 1 unspecified atom stereocenters. The molecule has 1 saturated carbocycles. The van der Waals surface area contributed by atoms with Gasteiger partial charge in [-0.2, -0.15) is 0 Å². The van der Waals surface area contributed by atoms with Gasteiger partial charge in [0.25, 0.3) is 0 Å². The van der Waals surface area contributed by atoms with E-state index >= 15 is 0 Å². The fourth-order valence-electron chi connectivity index (χ4n) is 2.21. The summed E-state index contributed by atoms with van der Waals surface area (Å²) in [6.45, 7) is 2.31. The van der Waals surface area contributed by atoms with Crippen molar-refractivity contribution in [3.05, 3.63) is 33.8 Å². The zero-order valence-electron chi connectivity index (χ0n) is 9.34. The molecule has 0 heterocycles. The van der Waals surface area contributed by atoms with Crippen LogP contribution in [0.1, 0.15) is 25.3 Å². The van der Waals surface area contributed by atoms with E-state index in [-0.39, 0.29) is 12.0 Å². The molecule has 0 bridgehead atoms. The third-order valence-corrected chi connectivity index (χ3v) is 4.27. The Morgan fingerprint density at radius 2 is 1.88 bits per heavy atom. The van der Waals surface area contributed by atoms with E-state index in [1.807, 2.05) is 18.2 Å². The van der Waals surface area contributed by atoms with Gasteiger partial charge in [-0.3, -0.25) is 0 Å². The first-order chi connectivity index (χ1) is 7.57. The fourth-order valence-corrected chi connectivity index (χ4v) is 2.75. The molecule has 1 fully saturated rings. The summed E-state index contributed by atoms with van der Waals surface area (Å²) >= 11 is 12.3. The van der Waals surface area contributed by atoms with Gasteiger partial charge in [0.05, 0.1) is 0 Å². The number of halogens is 2. The van der Waals surface area contributed by atoms with Crippen molar-refractivity contribution in [2.75, 3.05) is 6.61 Å². The van der Waals surface area contributed by atoms with E-state index in [1.165, 1.54) is 12.8 Å². The molecule has 16 heavy (non-hydrogen) atoms. The first-order valence-corrected chi connectivity index (χ1v) is 6.36. The van der Waals surface area contributed by atoms with Crippen LogP contribution in [0.2, 0.25) is 10.0 Å². The van der Waals surface area contributed by atoms with Gasteiger partial charge in [-0.05, 0) is 48.3 Å². The molecule has 1 nitrogen and oxygen atoms in total. The zero-order valence-corrected chi connectivity index (χ0v) is 10.9. The predicted octanol–water partition coefficient (Wildman–Crippen LogP) is 3.94. The Labute approximate surface area is 106 Å². The molecule has 0 amide bonds. The molecule has 1 atom stereocenters. The third-order valence-electron chi connectivity index (χ3n) is 3.57. The number of aliphatic hydroxyl groups excluding tert-OH is 1. The Bertz CT molecular complexity index is 367. The molecule has 0 aliphatic heterocycles. The molecule has 1 N–H and O–H groups in total. The lowest BCUT2D eigenvalue weighted by atomic mass is 9.80. The van der Waals surface area contributed by atoms with E-state index in [9.17, 15) is 5.11 Å². The summed E-state index contributed by atoms with van der Waals surface area (Å²) in [5.41, 5.74) is 0.892. The number of hydrogen-bond acceptors (Lipinski definition) is 1. The molecule has 1 aromatic carbocycles. The summed E-state index contributed by atoms with van der Waals surface area (Å²) in [7, 11) is 0. The largest absolute Gasteiger partial charge is 0.396 e. The Morgan fingerprint density at radius 1 is 1.31 bits per heavy atom. The van der Waals surface area contributed by atoms with Gasteiger partial charge in [0.2, 0.25) is 0 Å². The van der Waals surface area contributed by atoms with Crippen LogP contribution in [0.3, 0.4) is 0 Å². The van der Waals surface area contributed by atoms with Gasteiger partial charge in [0, 0.05) is 16.7 Å². The summed E-state index contributed by atoms with van der Waals surface area (Å²) < 4.78 is 0. The molecule has 1 aliphatic rings. The van der Waals surface area contributed by atoms with Crippen molar-refractivity contribution in [3.8, 4) is 0 Å². The highest BCUT2D eigenvalue weighted by molar-refractivity contribution is 6.36. The maximum Gasteiger partial charge on any atom is 0.0490 e. The van der Waals surface area contributed by atoms with E-state index < -0.39 is 0 Å². The lowest BCUT2D eigenvalue weighted by Crippen LogP contribution is -2.27. The highest BCUT2D eigenvalue weighted by atomic mass is 35.5. The van der Waals surface area contributed by atoms with Crippen LogP contribution in [0.5, 0.6) is 0 Å². The van der Waals surface area contributed by atoms with Gasteiger partial charge < -0.3 is 5.11 Å². The average Bonchev–Trinajstić information content (AvgIpc) is 3.07. The molecular weight excluding hydrogens is 243 g/mol. The number of benzene rings is 1. The summed E-state index contributed by atoms with van der Waals surface area (Å²) in [5.74, 6) is 0.616. The van der Waals surface area contributed by atoms with Crippen LogP contribution in [0.4, 0.5) is 0 Å². The van der Waals surface area contributed by atoms with Crippen molar-refractivity contribution in [3.63, 3.8) is 0 Å². The van der Waals surface area contributed by atoms with Crippen LogP contribution < -0.4 is 0 Å². The lowest BCUT2D eigenvalue weighted by Gasteiger charge is -2.28. The minimum Gasteiger partial charge on any atom is -0.396 e. The van der Waals surface area contributed by atoms with Crippen molar-refractivity contribution in [2.24, 2.45) is 11.3 Å². The molecule has 1 aliphatic carbocycles. The lowest BCUT2D eigenvalue weighted by molar-refractivity contribution is 0.119. The molecule has 0 aromatic heterocycles. The molecular formula is C13H16Cl2O. The zero-order chi connectivity index (χ0) is 11.8. The third kappa shape index (κ3) is 2.37. The van der Waals surface area contributed by atoms with Crippen molar-refractivity contribution in [2.45, 2.75) is 26.2 Å².